The summed E-state index contributed by atoms with van der Waals surface area (Å²) in [6.45, 7) is 11.5. The zero-order valence-corrected chi connectivity index (χ0v) is 17.1. The molecular formula is C21H32N4O3. The number of aromatic nitrogens is 1. The van der Waals surface area contributed by atoms with Crippen molar-refractivity contribution in [2.24, 2.45) is 0 Å². The van der Waals surface area contributed by atoms with Gasteiger partial charge in [0.1, 0.15) is 5.56 Å². The quantitative estimate of drug-likeness (QED) is 0.764. The van der Waals surface area contributed by atoms with Gasteiger partial charge >= 0.3 is 0 Å². The molecule has 0 unspecified atom stereocenters. The number of nitrogens with zero attached hydrogens (tertiary/aromatic N) is 4. The Labute approximate surface area is 166 Å². The van der Waals surface area contributed by atoms with Crippen molar-refractivity contribution in [3.8, 4) is 0 Å². The van der Waals surface area contributed by atoms with E-state index in [9.17, 15) is 9.59 Å². The van der Waals surface area contributed by atoms with Crippen molar-refractivity contribution in [3.05, 3.63) is 33.7 Å². The molecule has 0 saturated carbocycles. The van der Waals surface area contributed by atoms with Gasteiger partial charge in [0.25, 0.3) is 11.5 Å². The molecule has 3 aliphatic rings. The molecule has 4 heterocycles. The van der Waals surface area contributed by atoms with E-state index in [1.165, 1.54) is 6.42 Å². The van der Waals surface area contributed by atoms with Crippen LogP contribution in [0.15, 0.2) is 17.1 Å². The Balaban J connectivity index is 1.51. The van der Waals surface area contributed by atoms with Crippen LogP contribution in [0.3, 0.4) is 0 Å². The smallest absolute Gasteiger partial charge is 0.263 e. The Hall–Kier alpha value is -1.70. The van der Waals surface area contributed by atoms with Crippen LogP contribution in [0.4, 0.5) is 0 Å². The second kappa shape index (κ2) is 8.35. The SMILES string of the molecule is Cc1ccn(CCN2CCOCC2)c(=O)c1C(=O)N1C[C@@H]2CCCN2C[C@H]1C. The van der Waals surface area contributed by atoms with Crippen LogP contribution in [-0.2, 0) is 11.3 Å². The van der Waals surface area contributed by atoms with Crippen molar-refractivity contribution < 1.29 is 9.53 Å². The summed E-state index contributed by atoms with van der Waals surface area (Å²) in [7, 11) is 0. The fourth-order valence-electron chi connectivity index (χ4n) is 4.79. The maximum Gasteiger partial charge on any atom is 0.263 e. The summed E-state index contributed by atoms with van der Waals surface area (Å²) in [6, 6.07) is 2.50. The first kappa shape index (κ1) is 19.6. The molecule has 0 spiro atoms. The van der Waals surface area contributed by atoms with Crippen molar-refractivity contribution in [3.63, 3.8) is 0 Å². The van der Waals surface area contributed by atoms with Crippen LogP contribution in [-0.4, -0.2) is 89.7 Å². The third-order valence-corrected chi connectivity index (χ3v) is 6.55. The monoisotopic (exact) mass is 388 g/mol. The number of amides is 1. The number of carbonyl (C=O) groups is 1. The van der Waals surface area contributed by atoms with E-state index < -0.39 is 0 Å². The predicted octanol–water partition coefficient (Wildman–Crippen LogP) is 0.798. The Bertz CT molecular complexity index is 771. The standard InChI is InChI=1S/C21H32N4O3/c1-16-5-7-23(9-8-22-10-12-28-13-11-22)20(26)19(16)21(27)25-15-18-4-3-6-24(18)14-17(25)2/h5,7,17-18H,3-4,6,8-15H2,1-2H3/t17-,18+/m1/s1. The average Bonchev–Trinajstić information content (AvgIpc) is 3.14. The molecule has 1 aromatic rings. The number of morpholine rings is 1. The van der Waals surface area contributed by atoms with Crippen LogP contribution in [0.2, 0.25) is 0 Å². The fourth-order valence-corrected chi connectivity index (χ4v) is 4.79. The highest BCUT2D eigenvalue weighted by Gasteiger charge is 2.37. The van der Waals surface area contributed by atoms with Gasteiger partial charge in [0.2, 0.25) is 0 Å². The molecule has 7 nitrogen and oxygen atoms in total. The summed E-state index contributed by atoms with van der Waals surface area (Å²) < 4.78 is 7.09. The van der Waals surface area contributed by atoms with Crippen LogP contribution in [0.1, 0.15) is 35.7 Å². The number of hydrogen-bond donors (Lipinski definition) is 0. The number of pyridine rings is 1. The Morgan fingerprint density at radius 1 is 1.18 bits per heavy atom. The van der Waals surface area contributed by atoms with Gasteiger partial charge in [-0.1, -0.05) is 0 Å². The minimum absolute atomic E-state index is 0.0951. The largest absolute Gasteiger partial charge is 0.379 e. The van der Waals surface area contributed by atoms with Gasteiger partial charge in [-0.05, 0) is 44.9 Å². The van der Waals surface area contributed by atoms with Crippen LogP contribution in [0, 0.1) is 6.92 Å². The van der Waals surface area contributed by atoms with Crippen LogP contribution >= 0.6 is 0 Å². The third kappa shape index (κ3) is 3.88. The molecule has 7 heteroatoms. The molecule has 4 rings (SSSR count). The Kier molecular flexibility index (Phi) is 5.85. The number of carbonyl (C=O) groups excluding carboxylic acids is 1. The number of ether oxygens (including phenoxy) is 1. The highest BCUT2D eigenvalue weighted by Crippen LogP contribution is 2.25. The molecule has 1 aromatic heterocycles. The first-order chi connectivity index (χ1) is 13.5. The zero-order chi connectivity index (χ0) is 19.7. The third-order valence-electron chi connectivity index (χ3n) is 6.55. The van der Waals surface area contributed by atoms with Gasteiger partial charge in [0, 0.05) is 57.5 Å². The van der Waals surface area contributed by atoms with Gasteiger partial charge in [-0.15, -0.1) is 0 Å². The summed E-state index contributed by atoms with van der Waals surface area (Å²) in [5.41, 5.74) is 0.973. The first-order valence-corrected chi connectivity index (χ1v) is 10.6. The van der Waals surface area contributed by atoms with E-state index in [2.05, 4.69) is 16.7 Å². The van der Waals surface area contributed by atoms with E-state index in [0.29, 0.717) is 18.2 Å². The van der Waals surface area contributed by atoms with Crippen molar-refractivity contribution in [2.45, 2.75) is 45.3 Å². The summed E-state index contributed by atoms with van der Waals surface area (Å²) in [6.07, 6.45) is 4.18. The zero-order valence-electron chi connectivity index (χ0n) is 17.1. The van der Waals surface area contributed by atoms with E-state index in [1.807, 2.05) is 24.1 Å². The second-order valence-electron chi connectivity index (χ2n) is 8.42. The number of fused-ring (bicyclic) bond motifs is 1. The number of aryl methyl sites for hydroxylation is 1. The summed E-state index contributed by atoms with van der Waals surface area (Å²) in [5.74, 6) is -0.0951. The second-order valence-corrected chi connectivity index (χ2v) is 8.42. The van der Waals surface area contributed by atoms with Gasteiger partial charge in [0.15, 0.2) is 0 Å². The molecule has 3 saturated heterocycles. The van der Waals surface area contributed by atoms with E-state index in [0.717, 1.165) is 64.5 Å². The lowest BCUT2D eigenvalue weighted by molar-refractivity contribution is 0.0361. The lowest BCUT2D eigenvalue weighted by Crippen LogP contribution is -2.57. The van der Waals surface area contributed by atoms with E-state index in [1.54, 1.807) is 4.57 Å². The van der Waals surface area contributed by atoms with Crippen molar-refractivity contribution in [1.82, 2.24) is 19.3 Å². The van der Waals surface area contributed by atoms with E-state index in [-0.39, 0.29) is 17.5 Å². The number of hydrogen-bond acceptors (Lipinski definition) is 5. The van der Waals surface area contributed by atoms with Crippen LogP contribution in [0.25, 0.3) is 0 Å². The van der Waals surface area contributed by atoms with Crippen molar-refractivity contribution >= 4 is 5.91 Å². The van der Waals surface area contributed by atoms with Crippen LogP contribution in [0.5, 0.6) is 0 Å². The summed E-state index contributed by atoms with van der Waals surface area (Å²) >= 11 is 0. The maximum atomic E-state index is 13.4. The van der Waals surface area contributed by atoms with Gasteiger partial charge < -0.3 is 14.2 Å². The van der Waals surface area contributed by atoms with E-state index >= 15 is 0 Å². The summed E-state index contributed by atoms with van der Waals surface area (Å²) in [5, 5.41) is 0. The van der Waals surface area contributed by atoms with Gasteiger partial charge in [-0.2, -0.15) is 0 Å². The van der Waals surface area contributed by atoms with Crippen molar-refractivity contribution in [2.75, 3.05) is 52.5 Å². The highest BCUT2D eigenvalue weighted by molar-refractivity contribution is 5.95. The predicted molar refractivity (Wildman–Crippen MR) is 108 cm³/mol. The molecule has 28 heavy (non-hydrogen) atoms. The summed E-state index contributed by atoms with van der Waals surface area (Å²) in [4.78, 5) is 33.2. The minimum atomic E-state index is -0.153. The molecule has 1 amide bonds. The Morgan fingerprint density at radius 3 is 2.75 bits per heavy atom. The van der Waals surface area contributed by atoms with Gasteiger partial charge in [-0.25, -0.2) is 0 Å². The van der Waals surface area contributed by atoms with E-state index in [4.69, 9.17) is 4.74 Å². The van der Waals surface area contributed by atoms with Crippen LogP contribution < -0.4 is 5.56 Å². The molecule has 3 aliphatic heterocycles. The minimum Gasteiger partial charge on any atom is -0.379 e. The molecule has 3 fully saturated rings. The average molecular weight is 389 g/mol. The molecule has 0 bridgehead atoms. The molecule has 0 N–H and O–H groups in total. The number of rotatable bonds is 4. The maximum absolute atomic E-state index is 13.4. The lowest BCUT2D eigenvalue weighted by atomic mass is 10.0. The molecular weight excluding hydrogens is 356 g/mol. The van der Waals surface area contributed by atoms with Gasteiger partial charge in [0.05, 0.1) is 13.2 Å². The highest BCUT2D eigenvalue weighted by atomic mass is 16.5. The van der Waals surface area contributed by atoms with Gasteiger partial charge in [-0.3, -0.25) is 19.4 Å². The fraction of sp³-hybridized carbons (Fsp3) is 0.714. The Morgan fingerprint density at radius 2 is 1.96 bits per heavy atom. The molecule has 0 aromatic carbocycles. The molecule has 2 atom stereocenters. The molecule has 0 radical (unpaired) electrons. The van der Waals surface area contributed by atoms with Crippen molar-refractivity contribution in [1.29, 1.82) is 0 Å². The first-order valence-electron chi connectivity index (χ1n) is 10.6. The molecule has 0 aliphatic carbocycles. The topological polar surface area (TPSA) is 58.0 Å². The lowest BCUT2D eigenvalue weighted by Gasteiger charge is -2.42. The number of piperazine rings is 1. The molecule has 154 valence electrons. The normalized spacial score (nSPS) is 26.4.